The largest absolute Gasteiger partial charge is 0.468 e. The maximum absolute atomic E-state index is 13.0. The van der Waals surface area contributed by atoms with Crippen LogP contribution in [0, 0.1) is 5.92 Å². The number of carbonyl (C=O) groups is 1. The van der Waals surface area contributed by atoms with E-state index in [1.54, 1.807) is 6.26 Å². The maximum Gasteiger partial charge on any atom is 0.227 e. The Morgan fingerprint density at radius 2 is 2.25 bits per heavy atom. The highest BCUT2D eigenvalue weighted by Crippen LogP contribution is 2.24. The number of aromatic nitrogens is 1. The highest BCUT2D eigenvalue weighted by molar-refractivity contribution is 5.79. The molecule has 0 bridgehead atoms. The minimum Gasteiger partial charge on any atom is -0.468 e. The van der Waals surface area contributed by atoms with Crippen molar-refractivity contribution in [3.05, 3.63) is 53.7 Å². The molecule has 126 valence electrons. The normalized spacial score (nSPS) is 21.5. The summed E-state index contributed by atoms with van der Waals surface area (Å²) in [6, 6.07) is 7.96. The molecule has 0 aromatic carbocycles. The van der Waals surface area contributed by atoms with Gasteiger partial charge in [-0.25, -0.2) is 0 Å². The predicted molar refractivity (Wildman–Crippen MR) is 90.1 cm³/mol. The van der Waals surface area contributed by atoms with Crippen molar-refractivity contribution in [3.63, 3.8) is 0 Å². The van der Waals surface area contributed by atoms with Crippen LogP contribution in [-0.2, 0) is 24.3 Å². The molecule has 0 aliphatic carbocycles. The molecule has 0 N–H and O–H groups in total. The number of carbonyl (C=O) groups excluding carboxylic acids is 1. The van der Waals surface area contributed by atoms with E-state index in [4.69, 9.17) is 4.42 Å². The van der Waals surface area contributed by atoms with E-state index in [2.05, 4.69) is 16.0 Å². The third-order valence-corrected chi connectivity index (χ3v) is 5.09. The standard InChI is InChI=1S/C19H23N3O2/c23-19(22-10-7-18-15(13-22)4-1-8-20-18)16-5-2-9-21(12-16)14-17-6-3-11-24-17/h1,3-4,6,8,11,16H,2,5,7,9-10,12-14H2/t16-/m1/s1. The molecule has 1 amide bonds. The van der Waals surface area contributed by atoms with E-state index in [1.807, 2.05) is 29.3 Å². The fourth-order valence-electron chi connectivity index (χ4n) is 3.84. The molecule has 2 aliphatic heterocycles. The highest BCUT2D eigenvalue weighted by Gasteiger charge is 2.31. The number of pyridine rings is 1. The number of rotatable bonds is 3. The first kappa shape index (κ1) is 15.4. The number of piperidine rings is 1. The summed E-state index contributed by atoms with van der Waals surface area (Å²) in [5.41, 5.74) is 2.34. The van der Waals surface area contributed by atoms with Crippen LogP contribution in [0.2, 0.25) is 0 Å². The summed E-state index contributed by atoms with van der Waals surface area (Å²) in [6.45, 7) is 4.16. The molecule has 0 radical (unpaired) electrons. The number of hydrogen-bond donors (Lipinski definition) is 0. The van der Waals surface area contributed by atoms with Crippen LogP contribution < -0.4 is 0 Å². The molecule has 2 aromatic heterocycles. The van der Waals surface area contributed by atoms with Crippen molar-refractivity contribution < 1.29 is 9.21 Å². The molecule has 1 saturated heterocycles. The second-order valence-electron chi connectivity index (χ2n) is 6.77. The van der Waals surface area contributed by atoms with Gasteiger partial charge in [-0.1, -0.05) is 6.07 Å². The van der Waals surface area contributed by atoms with E-state index < -0.39 is 0 Å². The van der Waals surface area contributed by atoms with Gasteiger partial charge in [0.1, 0.15) is 5.76 Å². The van der Waals surface area contributed by atoms with Gasteiger partial charge in [-0.15, -0.1) is 0 Å². The molecule has 2 aliphatic rings. The van der Waals surface area contributed by atoms with Gasteiger partial charge < -0.3 is 9.32 Å². The van der Waals surface area contributed by atoms with Crippen molar-refractivity contribution in [2.45, 2.75) is 32.4 Å². The van der Waals surface area contributed by atoms with Gasteiger partial charge in [0, 0.05) is 37.9 Å². The zero-order valence-corrected chi connectivity index (χ0v) is 13.9. The van der Waals surface area contributed by atoms with Gasteiger partial charge in [0.2, 0.25) is 5.91 Å². The van der Waals surface area contributed by atoms with Crippen molar-refractivity contribution in [2.75, 3.05) is 19.6 Å². The number of fused-ring (bicyclic) bond motifs is 1. The Labute approximate surface area is 142 Å². The molecule has 2 aromatic rings. The average molecular weight is 325 g/mol. The van der Waals surface area contributed by atoms with Crippen molar-refractivity contribution >= 4 is 5.91 Å². The molecule has 1 atom stereocenters. The first-order valence-electron chi connectivity index (χ1n) is 8.76. The van der Waals surface area contributed by atoms with E-state index in [1.165, 1.54) is 5.56 Å². The quantitative estimate of drug-likeness (QED) is 0.870. The minimum absolute atomic E-state index is 0.104. The summed E-state index contributed by atoms with van der Waals surface area (Å²) in [5, 5.41) is 0. The fourth-order valence-corrected chi connectivity index (χ4v) is 3.84. The second-order valence-corrected chi connectivity index (χ2v) is 6.77. The lowest BCUT2D eigenvalue weighted by molar-refractivity contribution is -0.138. The zero-order chi connectivity index (χ0) is 16.4. The first-order valence-corrected chi connectivity index (χ1v) is 8.76. The van der Waals surface area contributed by atoms with Gasteiger partial charge in [-0.05, 0) is 43.1 Å². The number of amides is 1. The SMILES string of the molecule is O=C([C@@H]1CCCN(Cc2ccco2)C1)N1CCc2ncccc2C1. The van der Waals surface area contributed by atoms with Crippen LogP contribution in [0.15, 0.2) is 41.1 Å². The van der Waals surface area contributed by atoms with Gasteiger partial charge >= 0.3 is 0 Å². The fraction of sp³-hybridized carbons (Fsp3) is 0.474. The molecule has 4 rings (SSSR count). The highest BCUT2D eigenvalue weighted by atomic mass is 16.3. The van der Waals surface area contributed by atoms with E-state index in [0.29, 0.717) is 12.5 Å². The minimum atomic E-state index is 0.104. The molecule has 24 heavy (non-hydrogen) atoms. The molecule has 0 spiro atoms. The van der Waals surface area contributed by atoms with Gasteiger partial charge in [-0.2, -0.15) is 0 Å². The molecule has 0 unspecified atom stereocenters. The molecule has 5 nitrogen and oxygen atoms in total. The topological polar surface area (TPSA) is 49.6 Å². The van der Waals surface area contributed by atoms with Crippen LogP contribution in [0.4, 0.5) is 0 Å². The van der Waals surface area contributed by atoms with E-state index in [0.717, 1.165) is 56.9 Å². The van der Waals surface area contributed by atoms with Crippen molar-refractivity contribution in [1.29, 1.82) is 0 Å². The van der Waals surface area contributed by atoms with Crippen LogP contribution in [0.1, 0.15) is 29.9 Å². The lowest BCUT2D eigenvalue weighted by atomic mass is 9.95. The Morgan fingerprint density at radius 3 is 3.12 bits per heavy atom. The monoisotopic (exact) mass is 325 g/mol. The Bertz CT molecular complexity index is 698. The summed E-state index contributed by atoms with van der Waals surface area (Å²) in [6.07, 6.45) is 6.48. The average Bonchev–Trinajstić information content (AvgIpc) is 3.14. The number of likely N-dealkylation sites (tertiary alicyclic amines) is 1. The van der Waals surface area contributed by atoms with Crippen LogP contribution in [0.25, 0.3) is 0 Å². The summed E-state index contributed by atoms with van der Waals surface area (Å²) < 4.78 is 5.44. The summed E-state index contributed by atoms with van der Waals surface area (Å²) >= 11 is 0. The van der Waals surface area contributed by atoms with Gasteiger partial charge in [0.25, 0.3) is 0 Å². The predicted octanol–water partition coefficient (Wildman–Crippen LogP) is 2.47. The molecule has 4 heterocycles. The van der Waals surface area contributed by atoms with Gasteiger partial charge in [-0.3, -0.25) is 14.7 Å². The molecular weight excluding hydrogens is 302 g/mol. The van der Waals surface area contributed by atoms with Crippen molar-refractivity contribution in [2.24, 2.45) is 5.92 Å². The Hall–Kier alpha value is -2.14. The molecular formula is C19H23N3O2. The smallest absolute Gasteiger partial charge is 0.227 e. The maximum atomic E-state index is 13.0. The lowest BCUT2D eigenvalue weighted by Crippen LogP contribution is -2.46. The third-order valence-electron chi connectivity index (χ3n) is 5.09. The Morgan fingerprint density at radius 1 is 1.29 bits per heavy atom. The van der Waals surface area contributed by atoms with Gasteiger partial charge in [0.05, 0.1) is 18.7 Å². The lowest BCUT2D eigenvalue weighted by Gasteiger charge is -2.36. The number of hydrogen-bond acceptors (Lipinski definition) is 4. The van der Waals surface area contributed by atoms with Crippen LogP contribution in [-0.4, -0.2) is 40.3 Å². The zero-order valence-electron chi connectivity index (χ0n) is 13.9. The Kier molecular flexibility index (Phi) is 4.34. The summed E-state index contributed by atoms with van der Waals surface area (Å²) in [4.78, 5) is 21.7. The van der Waals surface area contributed by atoms with Crippen molar-refractivity contribution in [3.8, 4) is 0 Å². The van der Waals surface area contributed by atoms with Crippen LogP contribution in [0.5, 0.6) is 0 Å². The van der Waals surface area contributed by atoms with E-state index in [9.17, 15) is 4.79 Å². The molecule has 1 fully saturated rings. The second kappa shape index (κ2) is 6.77. The third kappa shape index (κ3) is 3.22. The van der Waals surface area contributed by atoms with E-state index in [-0.39, 0.29) is 5.92 Å². The first-order chi connectivity index (χ1) is 11.8. The molecule has 0 saturated carbocycles. The van der Waals surface area contributed by atoms with Crippen molar-refractivity contribution in [1.82, 2.24) is 14.8 Å². The Balaban J connectivity index is 1.39. The van der Waals surface area contributed by atoms with E-state index >= 15 is 0 Å². The summed E-state index contributed by atoms with van der Waals surface area (Å²) in [5.74, 6) is 1.38. The number of furan rings is 1. The summed E-state index contributed by atoms with van der Waals surface area (Å²) in [7, 11) is 0. The van der Waals surface area contributed by atoms with Gasteiger partial charge in [0.15, 0.2) is 0 Å². The number of nitrogens with zero attached hydrogens (tertiary/aromatic N) is 3. The van der Waals surface area contributed by atoms with Crippen LogP contribution in [0.3, 0.4) is 0 Å². The van der Waals surface area contributed by atoms with Crippen LogP contribution >= 0.6 is 0 Å². The molecule has 5 heteroatoms.